The van der Waals surface area contributed by atoms with Gasteiger partial charge in [-0.15, -0.1) is 0 Å². The quantitative estimate of drug-likeness (QED) is 0.438. The molecule has 0 radical (unpaired) electrons. The molecule has 0 spiro atoms. The fraction of sp³-hybridized carbons (Fsp3) is 0.818. The van der Waals surface area contributed by atoms with E-state index < -0.39 is 5.97 Å². The number of carbonyl (C=O) groups is 2. The van der Waals surface area contributed by atoms with Crippen LogP contribution in [0.1, 0.15) is 20.3 Å². The van der Waals surface area contributed by atoms with E-state index in [0.717, 1.165) is 6.42 Å². The normalized spacial score (nSPS) is 10.0. The van der Waals surface area contributed by atoms with E-state index in [1.807, 2.05) is 13.8 Å². The molecule has 0 aliphatic carbocycles. The van der Waals surface area contributed by atoms with E-state index in [-0.39, 0.29) is 19.1 Å². The first-order chi connectivity index (χ1) is 8.20. The lowest BCUT2D eigenvalue weighted by molar-refractivity contribution is -0.144. The van der Waals surface area contributed by atoms with Crippen LogP contribution in [-0.4, -0.2) is 51.5 Å². The molecule has 100 valence electrons. The number of esters is 1. The minimum absolute atomic E-state index is 0.0753. The highest BCUT2D eigenvalue weighted by molar-refractivity contribution is 5.82. The Morgan fingerprint density at radius 3 is 2.41 bits per heavy atom. The second-order valence-corrected chi connectivity index (χ2v) is 3.25. The summed E-state index contributed by atoms with van der Waals surface area (Å²) in [6, 6.07) is 0. The third-order valence-electron chi connectivity index (χ3n) is 1.71. The highest BCUT2D eigenvalue weighted by Gasteiger charge is 2.05. The van der Waals surface area contributed by atoms with Crippen molar-refractivity contribution in [2.75, 3.05) is 39.6 Å². The van der Waals surface area contributed by atoms with Gasteiger partial charge in [0.05, 0.1) is 19.8 Å². The van der Waals surface area contributed by atoms with E-state index in [9.17, 15) is 9.59 Å². The Balaban J connectivity index is 3.36. The third kappa shape index (κ3) is 11.1. The summed E-state index contributed by atoms with van der Waals surface area (Å²) >= 11 is 0. The summed E-state index contributed by atoms with van der Waals surface area (Å²) in [4.78, 5) is 22.2. The number of hydrogen-bond acceptors (Lipinski definition) is 5. The van der Waals surface area contributed by atoms with E-state index >= 15 is 0 Å². The number of hydrogen-bond donors (Lipinski definition) is 1. The molecule has 1 amide bonds. The number of ether oxygens (including phenoxy) is 3. The van der Waals surface area contributed by atoms with Crippen molar-refractivity contribution < 1.29 is 23.8 Å². The second kappa shape index (κ2) is 11.3. The third-order valence-corrected chi connectivity index (χ3v) is 1.71. The van der Waals surface area contributed by atoms with Gasteiger partial charge in [-0.3, -0.25) is 9.59 Å². The maximum atomic E-state index is 11.2. The van der Waals surface area contributed by atoms with Crippen molar-refractivity contribution in [1.82, 2.24) is 5.32 Å². The van der Waals surface area contributed by atoms with Crippen LogP contribution in [0.25, 0.3) is 0 Å². The Kier molecular flexibility index (Phi) is 10.6. The maximum absolute atomic E-state index is 11.2. The largest absolute Gasteiger partial charge is 0.464 e. The lowest BCUT2D eigenvalue weighted by Crippen LogP contribution is -2.33. The molecular formula is C11H21NO5. The Morgan fingerprint density at radius 2 is 1.76 bits per heavy atom. The fourth-order valence-electron chi connectivity index (χ4n) is 0.916. The van der Waals surface area contributed by atoms with Gasteiger partial charge in [-0.2, -0.15) is 0 Å². The molecule has 0 saturated heterocycles. The van der Waals surface area contributed by atoms with Crippen LogP contribution >= 0.6 is 0 Å². The summed E-state index contributed by atoms with van der Waals surface area (Å²) < 4.78 is 14.8. The van der Waals surface area contributed by atoms with E-state index in [1.165, 1.54) is 0 Å². The van der Waals surface area contributed by atoms with E-state index in [2.05, 4.69) is 5.32 Å². The molecule has 6 nitrogen and oxygen atoms in total. The van der Waals surface area contributed by atoms with Gasteiger partial charge in [-0.05, 0) is 13.3 Å². The first-order valence-electron chi connectivity index (χ1n) is 5.78. The van der Waals surface area contributed by atoms with Crippen LogP contribution in [0.4, 0.5) is 0 Å². The van der Waals surface area contributed by atoms with Gasteiger partial charge in [0.1, 0.15) is 13.2 Å². The Bertz CT molecular complexity index is 220. The zero-order chi connectivity index (χ0) is 12.9. The summed E-state index contributed by atoms with van der Waals surface area (Å²) in [7, 11) is 0. The molecule has 0 fully saturated rings. The van der Waals surface area contributed by atoms with Gasteiger partial charge in [0.15, 0.2) is 0 Å². The fourth-order valence-corrected chi connectivity index (χ4v) is 0.916. The average molecular weight is 247 g/mol. The minimum Gasteiger partial charge on any atom is -0.464 e. The standard InChI is InChI=1S/C11H21NO5/c1-3-5-17-11(14)8-12-10(13)9-16-7-6-15-4-2/h3-9H2,1-2H3,(H,12,13). The molecule has 0 aliphatic heterocycles. The van der Waals surface area contributed by atoms with E-state index in [1.54, 1.807) is 0 Å². The van der Waals surface area contributed by atoms with Gasteiger partial charge in [-0.1, -0.05) is 6.92 Å². The summed E-state index contributed by atoms with van der Waals surface area (Å²) in [5.74, 6) is -0.774. The van der Waals surface area contributed by atoms with Crippen molar-refractivity contribution in [1.29, 1.82) is 0 Å². The molecular weight excluding hydrogens is 226 g/mol. The zero-order valence-corrected chi connectivity index (χ0v) is 10.5. The highest BCUT2D eigenvalue weighted by atomic mass is 16.5. The molecule has 0 bridgehead atoms. The number of amides is 1. The van der Waals surface area contributed by atoms with E-state index in [0.29, 0.717) is 26.4 Å². The van der Waals surface area contributed by atoms with Gasteiger partial charge in [0.2, 0.25) is 5.91 Å². The summed E-state index contributed by atoms with van der Waals surface area (Å²) in [6.45, 7) is 5.41. The van der Waals surface area contributed by atoms with Crippen LogP contribution in [0, 0.1) is 0 Å². The highest BCUT2D eigenvalue weighted by Crippen LogP contribution is 1.82. The van der Waals surface area contributed by atoms with E-state index in [4.69, 9.17) is 14.2 Å². The summed E-state index contributed by atoms with van der Waals surface area (Å²) in [5.41, 5.74) is 0. The van der Waals surface area contributed by atoms with Crippen molar-refractivity contribution in [3.05, 3.63) is 0 Å². The lowest BCUT2D eigenvalue weighted by atomic mass is 10.5. The van der Waals surface area contributed by atoms with Crippen molar-refractivity contribution in [2.45, 2.75) is 20.3 Å². The molecule has 0 saturated carbocycles. The zero-order valence-electron chi connectivity index (χ0n) is 10.5. The topological polar surface area (TPSA) is 73.9 Å². The van der Waals surface area contributed by atoms with Crippen LogP contribution in [0.5, 0.6) is 0 Å². The maximum Gasteiger partial charge on any atom is 0.325 e. The van der Waals surface area contributed by atoms with Gasteiger partial charge >= 0.3 is 5.97 Å². The molecule has 0 aromatic rings. The predicted octanol–water partition coefficient (Wildman–Crippen LogP) is 0.109. The number of nitrogens with one attached hydrogen (secondary N) is 1. The van der Waals surface area contributed by atoms with Crippen LogP contribution in [0.2, 0.25) is 0 Å². The minimum atomic E-state index is -0.436. The van der Waals surface area contributed by atoms with Crippen molar-refractivity contribution in [3.63, 3.8) is 0 Å². The van der Waals surface area contributed by atoms with Crippen molar-refractivity contribution >= 4 is 11.9 Å². The smallest absolute Gasteiger partial charge is 0.325 e. The van der Waals surface area contributed by atoms with Crippen LogP contribution in [-0.2, 0) is 23.8 Å². The molecule has 0 aromatic carbocycles. The SMILES string of the molecule is CCCOC(=O)CNC(=O)COCCOCC. The number of carbonyl (C=O) groups excluding carboxylic acids is 2. The molecule has 0 unspecified atom stereocenters. The molecule has 0 rings (SSSR count). The molecule has 0 aromatic heterocycles. The molecule has 1 N–H and O–H groups in total. The molecule has 6 heteroatoms. The summed E-state index contributed by atoms with van der Waals surface area (Å²) in [5, 5.41) is 2.40. The Morgan fingerprint density at radius 1 is 1.06 bits per heavy atom. The van der Waals surface area contributed by atoms with Gasteiger partial charge in [0, 0.05) is 6.61 Å². The van der Waals surface area contributed by atoms with Gasteiger partial charge in [0.25, 0.3) is 0 Å². The van der Waals surface area contributed by atoms with Crippen molar-refractivity contribution in [3.8, 4) is 0 Å². The second-order valence-electron chi connectivity index (χ2n) is 3.25. The number of rotatable bonds is 10. The van der Waals surface area contributed by atoms with Gasteiger partial charge in [-0.25, -0.2) is 0 Å². The van der Waals surface area contributed by atoms with Crippen molar-refractivity contribution in [2.24, 2.45) is 0 Å². The molecule has 0 atom stereocenters. The first kappa shape index (κ1) is 15.9. The van der Waals surface area contributed by atoms with Crippen LogP contribution < -0.4 is 5.32 Å². The van der Waals surface area contributed by atoms with Gasteiger partial charge < -0.3 is 19.5 Å². The molecule has 0 heterocycles. The monoisotopic (exact) mass is 247 g/mol. The lowest BCUT2D eigenvalue weighted by Gasteiger charge is -2.06. The van der Waals surface area contributed by atoms with Crippen LogP contribution in [0.3, 0.4) is 0 Å². The average Bonchev–Trinajstić information content (AvgIpc) is 2.33. The Hall–Kier alpha value is -1.14. The first-order valence-corrected chi connectivity index (χ1v) is 5.78. The Labute approximate surface area is 102 Å². The predicted molar refractivity (Wildman–Crippen MR) is 61.6 cm³/mol. The molecule has 17 heavy (non-hydrogen) atoms. The molecule has 0 aliphatic rings. The summed E-state index contributed by atoms with van der Waals surface area (Å²) in [6.07, 6.45) is 0.764. The van der Waals surface area contributed by atoms with Crippen LogP contribution in [0.15, 0.2) is 0 Å².